The van der Waals surface area contributed by atoms with Crippen LogP contribution in [0.1, 0.15) is 70.3 Å². The van der Waals surface area contributed by atoms with Gasteiger partial charge >= 0.3 is 6.03 Å². The van der Waals surface area contributed by atoms with E-state index in [9.17, 15) is 19.2 Å². The molecule has 2 atom stereocenters. The Morgan fingerprint density at radius 2 is 1.89 bits per heavy atom. The highest BCUT2D eigenvalue weighted by molar-refractivity contribution is 6.05. The van der Waals surface area contributed by atoms with Crippen molar-refractivity contribution in [1.29, 1.82) is 0 Å². The zero-order chi connectivity index (χ0) is 25.0. The van der Waals surface area contributed by atoms with Gasteiger partial charge in [0.1, 0.15) is 6.04 Å². The molecule has 0 bridgehead atoms. The number of carbonyl (C=O) groups is 4. The van der Waals surface area contributed by atoms with Crippen LogP contribution in [0.5, 0.6) is 0 Å². The number of imide groups is 1. The van der Waals surface area contributed by atoms with E-state index in [1.807, 2.05) is 0 Å². The fourth-order valence-electron chi connectivity index (χ4n) is 5.60. The Kier molecular flexibility index (Phi) is 5.52. The van der Waals surface area contributed by atoms with Gasteiger partial charge in [-0.1, -0.05) is 18.2 Å². The van der Waals surface area contributed by atoms with Gasteiger partial charge in [-0.2, -0.15) is 0 Å². The summed E-state index contributed by atoms with van der Waals surface area (Å²) in [5.74, 6) is -0.359. The zero-order valence-corrected chi connectivity index (χ0v) is 20.1. The summed E-state index contributed by atoms with van der Waals surface area (Å²) in [7, 11) is 1.64. The van der Waals surface area contributed by atoms with E-state index in [2.05, 4.69) is 28.8 Å². The van der Waals surface area contributed by atoms with Crippen LogP contribution < -0.4 is 10.6 Å². The zero-order valence-electron chi connectivity index (χ0n) is 20.1. The van der Waals surface area contributed by atoms with Crippen molar-refractivity contribution < 1.29 is 23.9 Å². The molecule has 0 radical (unpaired) electrons. The predicted octanol–water partition coefficient (Wildman–Crippen LogP) is 3.06. The lowest BCUT2D eigenvalue weighted by Gasteiger charge is -2.29. The summed E-state index contributed by atoms with van der Waals surface area (Å²) in [5, 5.41) is 5.30. The van der Waals surface area contributed by atoms with Crippen molar-refractivity contribution >= 4 is 29.4 Å². The molecule has 2 unspecified atom stereocenters. The summed E-state index contributed by atoms with van der Waals surface area (Å²) in [5.41, 5.74) is 5.46. The van der Waals surface area contributed by atoms with Gasteiger partial charge in [0, 0.05) is 37.9 Å². The molecule has 3 heterocycles. The van der Waals surface area contributed by atoms with Crippen molar-refractivity contribution in [2.75, 3.05) is 19.0 Å². The number of urea groups is 1. The summed E-state index contributed by atoms with van der Waals surface area (Å²) in [6.45, 7) is 1.18. The number of anilines is 1. The number of nitrogens with one attached hydrogen (secondary N) is 2. The molecule has 0 spiro atoms. The molecule has 2 fully saturated rings. The second kappa shape index (κ2) is 8.74. The monoisotopic (exact) mass is 488 g/mol. The second-order valence-corrected chi connectivity index (χ2v) is 10.0. The van der Waals surface area contributed by atoms with Crippen LogP contribution in [0.25, 0.3) is 0 Å². The fraction of sp³-hybridized carbons (Fsp3) is 0.407. The highest BCUT2D eigenvalue weighted by Crippen LogP contribution is 2.43. The number of hydrogen-bond acceptors (Lipinski definition) is 5. The Labute approximate surface area is 208 Å². The third-order valence-corrected chi connectivity index (χ3v) is 7.65. The Bertz CT molecular complexity index is 1290. The first-order chi connectivity index (χ1) is 17.4. The van der Waals surface area contributed by atoms with E-state index in [0.717, 1.165) is 16.7 Å². The topological polar surface area (TPSA) is 108 Å². The third kappa shape index (κ3) is 3.93. The van der Waals surface area contributed by atoms with Crippen LogP contribution in [-0.4, -0.2) is 53.3 Å². The van der Waals surface area contributed by atoms with Crippen molar-refractivity contribution in [3.8, 4) is 0 Å². The van der Waals surface area contributed by atoms with E-state index in [0.29, 0.717) is 36.7 Å². The number of hydrogen-bond donors (Lipinski definition) is 2. The average Bonchev–Trinajstić information content (AvgIpc) is 3.58. The van der Waals surface area contributed by atoms with Gasteiger partial charge in [0.2, 0.25) is 11.8 Å². The van der Waals surface area contributed by atoms with Crippen molar-refractivity contribution in [3.63, 3.8) is 0 Å². The lowest BCUT2D eigenvalue weighted by atomic mass is 10.00. The van der Waals surface area contributed by atoms with Gasteiger partial charge < -0.3 is 19.9 Å². The predicted molar refractivity (Wildman–Crippen MR) is 130 cm³/mol. The number of fused-ring (bicyclic) bond motifs is 2. The number of methoxy groups -OCH3 is 1. The average molecular weight is 489 g/mol. The van der Waals surface area contributed by atoms with Crippen LogP contribution in [0.4, 0.5) is 10.5 Å². The molecule has 2 aromatic rings. The summed E-state index contributed by atoms with van der Waals surface area (Å²) in [4.78, 5) is 53.4. The standard InChI is InChI=1S/C27H28N4O5/c1-36-14-23-21-11-16(15-2-3-15)4-5-17(21)12-31(23)27(35)28-19-6-7-20-18(10-19)13-30(26(20)34)22-8-9-24(32)29-25(22)33/h4-7,10-11,15,22-23H,2-3,8-9,12-14H2,1H3,(H,28,35)(H,29,32,33). The van der Waals surface area contributed by atoms with Gasteiger partial charge in [0.15, 0.2) is 0 Å². The maximum atomic E-state index is 13.3. The molecule has 36 heavy (non-hydrogen) atoms. The molecule has 2 aromatic carbocycles. The highest BCUT2D eigenvalue weighted by atomic mass is 16.5. The largest absolute Gasteiger partial charge is 0.382 e. The molecule has 4 aliphatic rings. The molecule has 186 valence electrons. The molecule has 5 amide bonds. The van der Waals surface area contributed by atoms with Crippen LogP contribution in [-0.2, 0) is 27.4 Å². The van der Waals surface area contributed by atoms with Crippen LogP contribution in [0.15, 0.2) is 36.4 Å². The van der Waals surface area contributed by atoms with Crippen LogP contribution in [0, 0.1) is 0 Å². The summed E-state index contributed by atoms with van der Waals surface area (Å²) in [6.07, 6.45) is 2.97. The highest BCUT2D eigenvalue weighted by Gasteiger charge is 2.39. The molecule has 6 rings (SSSR count). The lowest BCUT2D eigenvalue weighted by molar-refractivity contribution is -0.136. The van der Waals surface area contributed by atoms with Gasteiger partial charge in [0.25, 0.3) is 5.91 Å². The van der Waals surface area contributed by atoms with E-state index in [1.165, 1.54) is 23.3 Å². The second-order valence-electron chi connectivity index (χ2n) is 10.0. The smallest absolute Gasteiger partial charge is 0.322 e. The van der Waals surface area contributed by atoms with E-state index in [4.69, 9.17) is 4.74 Å². The molecule has 9 nitrogen and oxygen atoms in total. The molecule has 9 heteroatoms. The number of nitrogens with zero attached hydrogens (tertiary/aromatic N) is 2. The first kappa shape index (κ1) is 22.7. The lowest BCUT2D eigenvalue weighted by Crippen LogP contribution is -2.52. The van der Waals surface area contributed by atoms with E-state index in [1.54, 1.807) is 30.2 Å². The Morgan fingerprint density at radius 3 is 2.64 bits per heavy atom. The first-order valence-corrected chi connectivity index (χ1v) is 12.4. The number of piperidine rings is 1. The molecule has 0 aromatic heterocycles. The molecular weight excluding hydrogens is 460 g/mol. The molecule has 1 saturated heterocycles. The van der Waals surface area contributed by atoms with Crippen LogP contribution in [0.2, 0.25) is 0 Å². The van der Waals surface area contributed by atoms with Gasteiger partial charge in [0.05, 0.1) is 12.6 Å². The van der Waals surface area contributed by atoms with Gasteiger partial charge in [-0.05, 0) is 65.6 Å². The molecule has 2 N–H and O–H groups in total. The molecule has 1 aliphatic carbocycles. The molecular formula is C27H28N4O5. The third-order valence-electron chi connectivity index (χ3n) is 7.65. The minimum absolute atomic E-state index is 0.164. The number of carbonyl (C=O) groups excluding carboxylic acids is 4. The summed E-state index contributed by atoms with van der Waals surface area (Å²) >= 11 is 0. The normalized spacial score (nSPS) is 23.0. The number of benzene rings is 2. The summed E-state index contributed by atoms with van der Waals surface area (Å²) in [6, 6.07) is 10.7. The molecule has 3 aliphatic heterocycles. The SMILES string of the molecule is COCC1c2cc(C3CC3)ccc2CN1C(=O)Nc1ccc2c(c1)CN(C1CCC(=O)NC1=O)C2=O. The Morgan fingerprint density at radius 1 is 1.06 bits per heavy atom. The minimum atomic E-state index is -0.668. The van der Waals surface area contributed by atoms with Gasteiger partial charge in [-0.15, -0.1) is 0 Å². The number of amides is 5. The number of rotatable bonds is 5. The van der Waals surface area contributed by atoms with E-state index in [-0.39, 0.29) is 36.9 Å². The van der Waals surface area contributed by atoms with E-state index < -0.39 is 11.9 Å². The first-order valence-electron chi connectivity index (χ1n) is 12.4. The quantitative estimate of drug-likeness (QED) is 0.629. The molecule has 1 saturated carbocycles. The van der Waals surface area contributed by atoms with Crippen molar-refractivity contribution in [2.24, 2.45) is 0 Å². The maximum absolute atomic E-state index is 13.3. The Hall–Kier alpha value is -3.72. The minimum Gasteiger partial charge on any atom is -0.382 e. The van der Waals surface area contributed by atoms with E-state index >= 15 is 0 Å². The maximum Gasteiger partial charge on any atom is 0.322 e. The number of ether oxygens (including phenoxy) is 1. The van der Waals surface area contributed by atoms with Crippen molar-refractivity contribution in [2.45, 2.75) is 56.8 Å². The van der Waals surface area contributed by atoms with Crippen LogP contribution in [0.3, 0.4) is 0 Å². The van der Waals surface area contributed by atoms with Crippen molar-refractivity contribution in [3.05, 3.63) is 64.2 Å². The van der Waals surface area contributed by atoms with Gasteiger partial charge in [-0.25, -0.2) is 4.79 Å². The van der Waals surface area contributed by atoms with Crippen molar-refractivity contribution in [1.82, 2.24) is 15.1 Å². The summed E-state index contributed by atoms with van der Waals surface area (Å²) < 4.78 is 5.47. The fourth-order valence-corrected chi connectivity index (χ4v) is 5.60. The Balaban J connectivity index is 1.18. The van der Waals surface area contributed by atoms with Gasteiger partial charge in [-0.3, -0.25) is 19.7 Å². The van der Waals surface area contributed by atoms with Crippen LogP contribution >= 0.6 is 0 Å².